The highest BCUT2D eigenvalue weighted by Gasteiger charge is 2.17. The summed E-state index contributed by atoms with van der Waals surface area (Å²) in [5.41, 5.74) is 0.946. The Labute approximate surface area is 107 Å². The maximum Gasteiger partial charge on any atom is 0.341 e. The van der Waals surface area contributed by atoms with Gasteiger partial charge in [-0.15, -0.1) is 0 Å². The predicted octanol–water partition coefficient (Wildman–Crippen LogP) is 1.10. The molecule has 1 atom stereocenters. The summed E-state index contributed by atoms with van der Waals surface area (Å²) in [4.78, 5) is 22.8. The van der Waals surface area contributed by atoms with Crippen LogP contribution in [0, 0.1) is 0 Å². The van der Waals surface area contributed by atoms with Crippen molar-refractivity contribution in [3.8, 4) is 0 Å². The van der Waals surface area contributed by atoms with Gasteiger partial charge in [0.25, 0.3) is 0 Å². The molecular formula is C13H20O5. The Balaban J connectivity index is 4.90. The van der Waals surface area contributed by atoms with Crippen molar-refractivity contribution in [2.75, 3.05) is 6.61 Å². The van der Waals surface area contributed by atoms with E-state index in [1.54, 1.807) is 6.92 Å². The zero-order chi connectivity index (χ0) is 14.3. The van der Waals surface area contributed by atoms with Crippen LogP contribution in [-0.2, 0) is 14.3 Å². The van der Waals surface area contributed by atoms with Gasteiger partial charge in [-0.3, -0.25) is 0 Å². The predicted molar refractivity (Wildman–Crippen MR) is 66.6 cm³/mol. The minimum atomic E-state index is -0.778. The minimum Gasteiger partial charge on any atom is -0.396 e. The fourth-order valence-corrected chi connectivity index (χ4v) is 1.33. The van der Waals surface area contributed by atoms with Gasteiger partial charge in [0, 0.05) is 17.8 Å². The molecule has 0 aliphatic carbocycles. The van der Waals surface area contributed by atoms with E-state index in [1.807, 2.05) is 0 Å². The number of ether oxygens (including phenoxy) is 1. The van der Waals surface area contributed by atoms with Crippen molar-refractivity contribution in [2.24, 2.45) is 0 Å². The van der Waals surface area contributed by atoms with E-state index >= 15 is 0 Å². The number of carbonyl (C=O) groups is 2. The van der Waals surface area contributed by atoms with Crippen molar-refractivity contribution in [3.05, 3.63) is 23.3 Å². The Hall–Kier alpha value is -1.46. The molecule has 0 amide bonds. The normalized spacial score (nSPS) is 13.6. The van der Waals surface area contributed by atoms with Crippen LogP contribution in [0.15, 0.2) is 23.3 Å². The van der Waals surface area contributed by atoms with Gasteiger partial charge >= 0.3 is 11.9 Å². The van der Waals surface area contributed by atoms with Gasteiger partial charge in [-0.25, -0.2) is 9.59 Å². The molecule has 1 unspecified atom stereocenters. The van der Waals surface area contributed by atoms with Gasteiger partial charge in [0.15, 0.2) is 0 Å². The Morgan fingerprint density at radius 2 is 1.83 bits per heavy atom. The number of hydrogen-bond donors (Lipinski definition) is 2. The first-order valence-electron chi connectivity index (χ1n) is 5.69. The monoisotopic (exact) mass is 256 g/mol. The molecule has 5 nitrogen and oxygen atoms in total. The van der Waals surface area contributed by atoms with Gasteiger partial charge in [-0.05, 0) is 33.6 Å². The second kappa shape index (κ2) is 7.79. The second-order valence-electron chi connectivity index (χ2n) is 4.21. The van der Waals surface area contributed by atoms with Crippen molar-refractivity contribution in [1.82, 2.24) is 0 Å². The molecule has 0 heterocycles. The maximum atomic E-state index is 11.7. The minimum absolute atomic E-state index is 0.135. The highest BCUT2D eigenvalue weighted by molar-refractivity contribution is 6.01. The van der Waals surface area contributed by atoms with Crippen LogP contribution in [0.1, 0.15) is 33.6 Å². The lowest BCUT2D eigenvalue weighted by Crippen LogP contribution is -2.16. The first-order valence-corrected chi connectivity index (χ1v) is 5.69. The second-order valence-corrected chi connectivity index (χ2v) is 4.21. The fourth-order valence-electron chi connectivity index (χ4n) is 1.33. The molecule has 0 fully saturated rings. The summed E-state index contributed by atoms with van der Waals surface area (Å²) in [5, 5.41) is 18.2. The molecule has 0 spiro atoms. The van der Waals surface area contributed by atoms with Crippen molar-refractivity contribution < 1.29 is 24.5 Å². The Morgan fingerprint density at radius 1 is 1.28 bits per heavy atom. The molecular weight excluding hydrogens is 236 g/mol. The highest BCUT2D eigenvalue weighted by atomic mass is 16.6. The van der Waals surface area contributed by atoms with Gasteiger partial charge < -0.3 is 14.9 Å². The first-order chi connectivity index (χ1) is 8.29. The van der Waals surface area contributed by atoms with E-state index < -0.39 is 18.0 Å². The SMILES string of the molecule is C=C(C)C(=O)OC(=O)C(C)=C(CCO)CC(C)O. The topological polar surface area (TPSA) is 83.8 Å². The molecule has 0 bridgehead atoms. The lowest BCUT2D eigenvalue weighted by atomic mass is 10.0. The summed E-state index contributed by atoms with van der Waals surface area (Å²) < 4.78 is 4.58. The van der Waals surface area contributed by atoms with Gasteiger partial charge in [0.2, 0.25) is 0 Å². The molecule has 2 N–H and O–H groups in total. The van der Waals surface area contributed by atoms with Gasteiger partial charge in [-0.1, -0.05) is 12.2 Å². The van der Waals surface area contributed by atoms with Crippen LogP contribution in [0.4, 0.5) is 0 Å². The molecule has 18 heavy (non-hydrogen) atoms. The summed E-state index contributed by atoms with van der Waals surface area (Å²) in [6.07, 6.45) is -0.123. The molecule has 0 aromatic rings. The molecule has 0 aliphatic rings. The Morgan fingerprint density at radius 3 is 2.22 bits per heavy atom. The van der Waals surface area contributed by atoms with Crippen molar-refractivity contribution in [1.29, 1.82) is 0 Å². The summed E-state index contributed by atoms with van der Waals surface area (Å²) >= 11 is 0. The number of carbonyl (C=O) groups excluding carboxylic acids is 2. The van der Waals surface area contributed by atoms with Crippen molar-refractivity contribution in [3.63, 3.8) is 0 Å². The van der Waals surface area contributed by atoms with E-state index in [2.05, 4.69) is 11.3 Å². The molecule has 0 aliphatic heterocycles. The fraction of sp³-hybridized carbons (Fsp3) is 0.538. The highest BCUT2D eigenvalue weighted by Crippen LogP contribution is 2.16. The number of rotatable bonds is 6. The molecule has 0 saturated heterocycles. The summed E-state index contributed by atoms with van der Waals surface area (Å²) in [5.74, 6) is -1.55. The maximum absolute atomic E-state index is 11.7. The third-order valence-corrected chi connectivity index (χ3v) is 2.33. The zero-order valence-corrected chi connectivity index (χ0v) is 11.0. The summed E-state index contributed by atoms with van der Waals surface area (Å²) in [7, 11) is 0. The van der Waals surface area contributed by atoms with Gasteiger partial charge in [0.1, 0.15) is 0 Å². The van der Waals surface area contributed by atoms with Crippen LogP contribution in [0.5, 0.6) is 0 Å². The quantitative estimate of drug-likeness (QED) is 0.422. The first kappa shape index (κ1) is 16.5. The van der Waals surface area contributed by atoms with E-state index in [-0.39, 0.29) is 30.6 Å². The third-order valence-electron chi connectivity index (χ3n) is 2.33. The van der Waals surface area contributed by atoms with Crippen LogP contribution in [0.25, 0.3) is 0 Å². The van der Waals surface area contributed by atoms with Gasteiger partial charge in [0.05, 0.1) is 6.10 Å². The zero-order valence-electron chi connectivity index (χ0n) is 11.0. The van der Waals surface area contributed by atoms with Crippen LogP contribution >= 0.6 is 0 Å². The number of esters is 2. The smallest absolute Gasteiger partial charge is 0.341 e. The summed E-state index contributed by atoms with van der Waals surface area (Å²) in [6.45, 7) is 7.76. The van der Waals surface area contributed by atoms with Crippen molar-refractivity contribution in [2.45, 2.75) is 39.7 Å². The Kier molecular flexibility index (Phi) is 7.16. The number of hydrogen-bond acceptors (Lipinski definition) is 5. The molecule has 0 saturated carbocycles. The van der Waals surface area contributed by atoms with E-state index in [4.69, 9.17) is 5.11 Å². The summed E-state index contributed by atoms with van der Waals surface area (Å²) in [6, 6.07) is 0. The lowest BCUT2D eigenvalue weighted by Gasteiger charge is -2.12. The molecule has 0 aromatic heterocycles. The molecule has 0 rings (SSSR count). The third kappa shape index (κ3) is 5.75. The largest absolute Gasteiger partial charge is 0.396 e. The van der Waals surface area contributed by atoms with Crippen LogP contribution in [-0.4, -0.2) is 34.9 Å². The average Bonchev–Trinajstić information content (AvgIpc) is 2.26. The Bertz CT molecular complexity index is 366. The van der Waals surface area contributed by atoms with Crippen LogP contribution in [0.2, 0.25) is 0 Å². The van der Waals surface area contributed by atoms with Crippen molar-refractivity contribution >= 4 is 11.9 Å². The van der Waals surface area contributed by atoms with Crippen LogP contribution < -0.4 is 0 Å². The average molecular weight is 256 g/mol. The van der Waals surface area contributed by atoms with E-state index in [0.717, 1.165) is 0 Å². The molecule has 0 radical (unpaired) electrons. The van der Waals surface area contributed by atoms with E-state index in [9.17, 15) is 14.7 Å². The molecule has 102 valence electrons. The number of aliphatic hydroxyl groups is 2. The molecule has 0 aromatic carbocycles. The van der Waals surface area contributed by atoms with E-state index in [1.165, 1.54) is 13.8 Å². The standard InChI is InChI=1S/C13H20O5/c1-8(2)12(16)18-13(17)10(4)11(5-6-14)7-9(3)15/h9,14-15H,1,5-7H2,2-4H3. The lowest BCUT2D eigenvalue weighted by molar-refractivity contribution is -0.154. The van der Waals surface area contributed by atoms with E-state index in [0.29, 0.717) is 5.57 Å². The van der Waals surface area contributed by atoms with Gasteiger partial charge in [-0.2, -0.15) is 0 Å². The van der Waals surface area contributed by atoms with Crippen LogP contribution in [0.3, 0.4) is 0 Å². The number of aliphatic hydroxyl groups excluding tert-OH is 2. The molecule has 5 heteroatoms.